The topological polar surface area (TPSA) is 48.9 Å². The van der Waals surface area contributed by atoms with E-state index in [1.807, 2.05) is 18.4 Å². The number of piperidine rings is 1. The van der Waals surface area contributed by atoms with Crippen LogP contribution in [0.2, 0.25) is 0 Å². The quantitative estimate of drug-likeness (QED) is 0.644. The summed E-state index contributed by atoms with van der Waals surface area (Å²) in [6.45, 7) is 7.05. The monoisotopic (exact) mass is 324 g/mol. The number of nitrogens with one attached hydrogen (secondary N) is 2. The van der Waals surface area contributed by atoms with Crippen molar-refractivity contribution in [2.75, 3.05) is 38.7 Å². The molecular weight excluding hydrogens is 296 g/mol. The number of hydrogen-bond acceptors (Lipinski definition) is 4. The number of anilines is 1. The van der Waals surface area contributed by atoms with Crippen molar-refractivity contribution >= 4 is 22.3 Å². The van der Waals surface area contributed by atoms with Gasteiger partial charge in [-0.15, -0.1) is 11.3 Å². The minimum absolute atomic E-state index is 0.194. The van der Waals surface area contributed by atoms with Crippen molar-refractivity contribution in [3.8, 4) is 0 Å². The van der Waals surface area contributed by atoms with E-state index in [0.29, 0.717) is 6.04 Å². The van der Waals surface area contributed by atoms with Crippen molar-refractivity contribution in [2.45, 2.75) is 38.3 Å². The standard InChI is InChI=1S/C16H28N4OS/c1-16(2,21-4)12-18-15(17-3)19-13-7-9-20(10-8-13)14-6-5-11-22-14/h5-6,11,13H,7-10,12H2,1-4H3,(H2,17,18,19). The van der Waals surface area contributed by atoms with Crippen molar-refractivity contribution in [3.63, 3.8) is 0 Å². The molecule has 5 nitrogen and oxygen atoms in total. The summed E-state index contributed by atoms with van der Waals surface area (Å²) >= 11 is 1.82. The number of ether oxygens (including phenoxy) is 1. The number of methoxy groups -OCH3 is 1. The number of nitrogens with zero attached hydrogens (tertiary/aromatic N) is 2. The van der Waals surface area contributed by atoms with Crippen molar-refractivity contribution in [2.24, 2.45) is 4.99 Å². The molecule has 1 aromatic heterocycles. The van der Waals surface area contributed by atoms with Gasteiger partial charge in [0.05, 0.1) is 10.6 Å². The summed E-state index contributed by atoms with van der Waals surface area (Å²) < 4.78 is 5.43. The van der Waals surface area contributed by atoms with E-state index in [1.54, 1.807) is 7.11 Å². The van der Waals surface area contributed by atoms with Gasteiger partial charge < -0.3 is 20.3 Å². The van der Waals surface area contributed by atoms with Gasteiger partial charge in [0.2, 0.25) is 0 Å². The van der Waals surface area contributed by atoms with Crippen LogP contribution in [0.15, 0.2) is 22.5 Å². The van der Waals surface area contributed by atoms with Crippen molar-refractivity contribution in [3.05, 3.63) is 17.5 Å². The minimum atomic E-state index is -0.194. The maximum Gasteiger partial charge on any atom is 0.191 e. The van der Waals surface area contributed by atoms with Crippen LogP contribution < -0.4 is 15.5 Å². The van der Waals surface area contributed by atoms with Gasteiger partial charge in [-0.05, 0) is 44.2 Å². The fraction of sp³-hybridized carbons (Fsp3) is 0.688. The molecule has 0 aromatic carbocycles. The average molecular weight is 324 g/mol. The Morgan fingerprint density at radius 3 is 2.73 bits per heavy atom. The molecular formula is C16H28N4OS. The number of hydrogen-bond donors (Lipinski definition) is 2. The van der Waals surface area contributed by atoms with Gasteiger partial charge >= 0.3 is 0 Å². The molecule has 0 unspecified atom stereocenters. The van der Waals surface area contributed by atoms with E-state index < -0.39 is 0 Å². The molecule has 6 heteroatoms. The molecule has 1 aliphatic heterocycles. The summed E-state index contributed by atoms with van der Waals surface area (Å²) in [4.78, 5) is 6.78. The molecule has 0 aliphatic carbocycles. The smallest absolute Gasteiger partial charge is 0.191 e. The largest absolute Gasteiger partial charge is 0.377 e. The maximum atomic E-state index is 5.43. The molecule has 1 fully saturated rings. The SMILES string of the molecule is CN=C(NCC(C)(C)OC)NC1CCN(c2cccs2)CC1. The van der Waals surface area contributed by atoms with Crippen molar-refractivity contribution < 1.29 is 4.74 Å². The van der Waals surface area contributed by atoms with Crippen LogP contribution >= 0.6 is 11.3 Å². The second-order valence-electron chi connectivity index (χ2n) is 6.25. The molecule has 0 radical (unpaired) electrons. The molecule has 0 saturated carbocycles. The third-order valence-corrected chi connectivity index (χ3v) is 5.04. The Labute approximate surface area is 137 Å². The van der Waals surface area contributed by atoms with Crippen LogP contribution in [-0.4, -0.2) is 51.4 Å². The molecule has 0 amide bonds. The molecule has 0 atom stereocenters. The zero-order valence-electron chi connectivity index (χ0n) is 14.1. The van der Waals surface area contributed by atoms with E-state index in [4.69, 9.17) is 4.74 Å². The number of aliphatic imine (C=N–C) groups is 1. The summed E-state index contributed by atoms with van der Waals surface area (Å²) in [6.07, 6.45) is 2.26. The molecule has 22 heavy (non-hydrogen) atoms. The fourth-order valence-corrected chi connectivity index (χ4v) is 3.24. The predicted molar refractivity (Wildman–Crippen MR) is 95.1 cm³/mol. The Bertz CT molecular complexity index is 465. The highest BCUT2D eigenvalue weighted by Gasteiger charge is 2.22. The first-order chi connectivity index (χ1) is 10.5. The molecule has 0 spiro atoms. The van der Waals surface area contributed by atoms with Crippen LogP contribution in [0.1, 0.15) is 26.7 Å². The molecule has 2 N–H and O–H groups in total. The zero-order chi connectivity index (χ0) is 16.0. The molecule has 1 aromatic rings. The molecule has 124 valence electrons. The van der Waals surface area contributed by atoms with Gasteiger partial charge in [-0.1, -0.05) is 0 Å². The van der Waals surface area contributed by atoms with Crippen LogP contribution in [0.25, 0.3) is 0 Å². The average Bonchev–Trinajstić information content (AvgIpc) is 3.06. The van der Waals surface area contributed by atoms with Crippen molar-refractivity contribution in [1.29, 1.82) is 0 Å². The fourth-order valence-electron chi connectivity index (χ4n) is 2.45. The van der Waals surface area contributed by atoms with Gasteiger partial charge in [-0.2, -0.15) is 0 Å². The summed E-state index contributed by atoms with van der Waals surface area (Å²) in [5.41, 5.74) is -0.194. The molecule has 0 bridgehead atoms. The number of rotatable bonds is 5. The van der Waals surface area contributed by atoms with E-state index >= 15 is 0 Å². The van der Waals surface area contributed by atoms with Crippen LogP contribution in [0, 0.1) is 0 Å². The highest BCUT2D eigenvalue weighted by Crippen LogP contribution is 2.24. The van der Waals surface area contributed by atoms with E-state index in [2.05, 4.69) is 51.9 Å². The van der Waals surface area contributed by atoms with E-state index in [9.17, 15) is 0 Å². The van der Waals surface area contributed by atoms with Gasteiger partial charge in [0.15, 0.2) is 5.96 Å². The zero-order valence-corrected chi connectivity index (χ0v) is 14.9. The van der Waals surface area contributed by atoms with Gasteiger partial charge in [-0.25, -0.2) is 0 Å². The van der Waals surface area contributed by atoms with Crippen LogP contribution in [0.5, 0.6) is 0 Å². The Balaban J connectivity index is 1.76. The first-order valence-corrected chi connectivity index (χ1v) is 8.73. The second-order valence-corrected chi connectivity index (χ2v) is 7.17. The Morgan fingerprint density at radius 1 is 1.45 bits per heavy atom. The third kappa shape index (κ3) is 4.88. The summed E-state index contributed by atoms with van der Waals surface area (Å²) in [7, 11) is 3.55. The minimum Gasteiger partial charge on any atom is -0.377 e. The molecule has 2 rings (SSSR count). The lowest BCUT2D eigenvalue weighted by Gasteiger charge is -2.34. The van der Waals surface area contributed by atoms with Crippen LogP contribution in [0.3, 0.4) is 0 Å². The number of thiophene rings is 1. The first kappa shape index (κ1) is 17.1. The normalized spacial score (nSPS) is 17.6. The van der Waals surface area contributed by atoms with Crippen molar-refractivity contribution in [1.82, 2.24) is 10.6 Å². The van der Waals surface area contributed by atoms with Gasteiger partial charge in [-0.3, -0.25) is 4.99 Å². The highest BCUT2D eigenvalue weighted by molar-refractivity contribution is 7.14. The Morgan fingerprint density at radius 2 is 2.18 bits per heavy atom. The lowest BCUT2D eigenvalue weighted by atomic mass is 10.1. The molecule has 1 saturated heterocycles. The molecule has 2 heterocycles. The third-order valence-electron chi connectivity index (χ3n) is 4.11. The lowest BCUT2D eigenvalue weighted by Crippen LogP contribution is -2.51. The summed E-state index contributed by atoms with van der Waals surface area (Å²) in [5, 5.41) is 10.4. The van der Waals surface area contributed by atoms with E-state index in [-0.39, 0.29) is 5.60 Å². The number of guanidine groups is 1. The summed E-state index contributed by atoms with van der Waals surface area (Å²) in [6, 6.07) is 4.80. The van der Waals surface area contributed by atoms with Crippen LogP contribution in [-0.2, 0) is 4.74 Å². The second kappa shape index (κ2) is 7.83. The van der Waals surface area contributed by atoms with Gasteiger partial charge in [0.1, 0.15) is 0 Å². The molecule has 1 aliphatic rings. The summed E-state index contributed by atoms with van der Waals surface area (Å²) in [5.74, 6) is 0.861. The Kier molecular flexibility index (Phi) is 6.08. The predicted octanol–water partition coefficient (Wildman–Crippen LogP) is 2.31. The van der Waals surface area contributed by atoms with E-state index in [1.165, 1.54) is 5.00 Å². The van der Waals surface area contributed by atoms with Crippen LogP contribution in [0.4, 0.5) is 5.00 Å². The Hall–Kier alpha value is -1.27. The highest BCUT2D eigenvalue weighted by atomic mass is 32.1. The van der Waals surface area contributed by atoms with E-state index in [0.717, 1.165) is 38.4 Å². The van der Waals surface area contributed by atoms with Gasteiger partial charge in [0.25, 0.3) is 0 Å². The van der Waals surface area contributed by atoms with Gasteiger partial charge in [0, 0.05) is 39.8 Å². The lowest BCUT2D eigenvalue weighted by molar-refractivity contribution is 0.0268. The first-order valence-electron chi connectivity index (χ1n) is 7.85. The maximum absolute atomic E-state index is 5.43.